The van der Waals surface area contributed by atoms with Crippen molar-refractivity contribution in [2.45, 2.75) is 5.75 Å². The lowest BCUT2D eigenvalue weighted by atomic mass is 10.2. The van der Waals surface area contributed by atoms with Crippen molar-refractivity contribution < 1.29 is 13.6 Å². The predicted octanol–water partition coefficient (Wildman–Crippen LogP) is 4.49. The van der Waals surface area contributed by atoms with Crippen LogP contribution in [0.5, 0.6) is 0 Å². The van der Waals surface area contributed by atoms with Gasteiger partial charge in [-0.2, -0.15) is 0 Å². The topological polar surface area (TPSA) is 29.1 Å². The van der Waals surface area contributed by atoms with Crippen LogP contribution in [0.15, 0.2) is 42.5 Å². The summed E-state index contributed by atoms with van der Waals surface area (Å²) in [4.78, 5) is 11.7. The van der Waals surface area contributed by atoms with Crippen molar-refractivity contribution in [3.05, 3.63) is 64.7 Å². The second-order valence-electron chi connectivity index (χ2n) is 4.30. The van der Waals surface area contributed by atoms with Crippen molar-refractivity contribution in [3.8, 4) is 0 Å². The van der Waals surface area contributed by atoms with E-state index in [0.717, 1.165) is 17.7 Å². The molecule has 0 aromatic heterocycles. The summed E-state index contributed by atoms with van der Waals surface area (Å²) in [7, 11) is 0. The van der Waals surface area contributed by atoms with Crippen LogP contribution in [-0.2, 0) is 10.5 Å². The molecule has 6 heteroatoms. The van der Waals surface area contributed by atoms with E-state index in [1.807, 2.05) is 18.2 Å². The van der Waals surface area contributed by atoms with Crippen molar-refractivity contribution in [2.24, 2.45) is 0 Å². The van der Waals surface area contributed by atoms with Crippen molar-refractivity contribution in [3.63, 3.8) is 0 Å². The van der Waals surface area contributed by atoms with Gasteiger partial charge in [0.25, 0.3) is 0 Å². The molecule has 0 aliphatic heterocycles. The molecule has 110 valence electrons. The third-order valence-electron chi connectivity index (χ3n) is 2.60. The quantitative estimate of drug-likeness (QED) is 0.876. The van der Waals surface area contributed by atoms with Gasteiger partial charge in [0.1, 0.15) is 11.6 Å². The van der Waals surface area contributed by atoms with Crippen LogP contribution < -0.4 is 5.32 Å². The molecule has 1 N–H and O–H groups in total. The summed E-state index contributed by atoms with van der Waals surface area (Å²) < 4.78 is 26.1. The van der Waals surface area contributed by atoms with Crippen LogP contribution >= 0.6 is 23.4 Å². The van der Waals surface area contributed by atoms with Crippen LogP contribution in [0, 0.1) is 11.6 Å². The number of hydrogen-bond acceptors (Lipinski definition) is 2. The second-order valence-corrected chi connectivity index (χ2v) is 5.72. The molecule has 0 bridgehead atoms. The highest BCUT2D eigenvalue weighted by Gasteiger charge is 2.08. The molecule has 0 unspecified atom stereocenters. The maximum Gasteiger partial charge on any atom is 0.234 e. The van der Waals surface area contributed by atoms with E-state index < -0.39 is 11.6 Å². The molecule has 0 fully saturated rings. The Morgan fingerprint density at radius 2 is 2.00 bits per heavy atom. The molecule has 0 saturated heterocycles. The molecule has 1 amide bonds. The van der Waals surface area contributed by atoms with Gasteiger partial charge >= 0.3 is 0 Å². The van der Waals surface area contributed by atoms with Gasteiger partial charge in [0.15, 0.2) is 0 Å². The molecular weight excluding hydrogens is 316 g/mol. The largest absolute Gasteiger partial charge is 0.323 e. The minimum Gasteiger partial charge on any atom is -0.323 e. The lowest BCUT2D eigenvalue weighted by Crippen LogP contribution is -2.15. The first-order valence-corrected chi connectivity index (χ1v) is 7.65. The summed E-state index contributed by atoms with van der Waals surface area (Å²) in [6.07, 6.45) is 0. The molecule has 0 atom stereocenters. The van der Waals surface area contributed by atoms with E-state index in [2.05, 4.69) is 5.32 Å². The molecule has 0 aliphatic carbocycles. The molecule has 0 spiro atoms. The average Bonchev–Trinajstić information content (AvgIpc) is 2.42. The third kappa shape index (κ3) is 5.02. The first-order chi connectivity index (χ1) is 10.0. The Kier molecular flexibility index (Phi) is 5.59. The van der Waals surface area contributed by atoms with Crippen molar-refractivity contribution in [1.82, 2.24) is 0 Å². The number of carbonyl (C=O) groups excluding carboxylic acids is 1. The minimum absolute atomic E-state index is 0.0234. The molecule has 2 nitrogen and oxygen atoms in total. The summed E-state index contributed by atoms with van der Waals surface area (Å²) in [5, 5.41) is 3.05. The number of benzene rings is 2. The van der Waals surface area contributed by atoms with E-state index in [9.17, 15) is 13.6 Å². The zero-order valence-corrected chi connectivity index (χ0v) is 12.5. The Morgan fingerprint density at radius 3 is 2.71 bits per heavy atom. The van der Waals surface area contributed by atoms with Gasteiger partial charge < -0.3 is 5.32 Å². The number of thioether (sulfide) groups is 1. The molecule has 0 heterocycles. The fourth-order valence-electron chi connectivity index (χ4n) is 1.67. The lowest BCUT2D eigenvalue weighted by Gasteiger charge is -2.06. The van der Waals surface area contributed by atoms with Crippen LogP contribution in [-0.4, -0.2) is 11.7 Å². The number of anilines is 1. The Morgan fingerprint density at radius 1 is 1.19 bits per heavy atom. The van der Waals surface area contributed by atoms with Gasteiger partial charge in [0.2, 0.25) is 5.91 Å². The second kappa shape index (κ2) is 7.43. The molecule has 2 rings (SSSR count). The van der Waals surface area contributed by atoms with Crippen molar-refractivity contribution >= 4 is 35.0 Å². The zero-order chi connectivity index (χ0) is 15.2. The maximum atomic E-state index is 13.4. The summed E-state index contributed by atoms with van der Waals surface area (Å²) >= 11 is 7.25. The predicted molar refractivity (Wildman–Crippen MR) is 82.6 cm³/mol. The Labute approximate surface area is 130 Å². The molecule has 0 radical (unpaired) electrons. The number of halogens is 3. The van der Waals surface area contributed by atoms with E-state index in [1.54, 1.807) is 6.07 Å². The molecular formula is C15H12ClF2NOS. The highest BCUT2D eigenvalue weighted by molar-refractivity contribution is 7.99. The fourth-order valence-corrected chi connectivity index (χ4v) is 2.65. The third-order valence-corrected chi connectivity index (χ3v) is 3.84. The normalized spacial score (nSPS) is 10.4. The van der Waals surface area contributed by atoms with Gasteiger partial charge in [-0.3, -0.25) is 4.79 Å². The summed E-state index contributed by atoms with van der Waals surface area (Å²) in [6, 6.07) is 10.4. The van der Waals surface area contributed by atoms with Crippen molar-refractivity contribution in [1.29, 1.82) is 0 Å². The van der Waals surface area contributed by atoms with Gasteiger partial charge in [0, 0.05) is 16.8 Å². The molecule has 0 aliphatic rings. The van der Waals surface area contributed by atoms with Gasteiger partial charge in [-0.25, -0.2) is 8.78 Å². The van der Waals surface area contributed by atoms with Gasteiger partial charge in [-0.1, -0.05) is 23.7 Å². The minimum atomic E-state index is -0.789. The monoisotopic (exact) mass is 327 g/mol. The number of nitrogens with one attached hydrogen (secondary N) is 1. The fraction of sp³-hybridized carbons (Fsp3) is 0.133. The van der Waals surface area contributed by atoms with Crippen LogP contribution in [0.1, 0.15) is 5.56 Å². The molecule has 2 aromatic rings. The van der Waals surface area contributed by atoms with E-state index in [-0.39, 0.29) is 17.3 Å². The van der Waals surface area contributed by atoms with Crippen molar-refractivity contribution in [2.75, 3.05) is 11.1 Å². The number of amides is 1. The standard InChI is InChI=1S/C15H12ClF2NOS/c16-11-3-1-2-10(6-11)8-21-9-15(20)19-14-5-4-12(17)7-13(14)18/h1-7H,8-9H2,(H,19,20). The van der Waals surface area contributed by atoms with E-state index in [1.165, 1.54) is 17.8 Å². The summed E-state index contributed by atoms with van der Waals surface area (Å²) in [5.41, 5.74) is 0.984. The smallest absolute Gasteiger partial charge is 0.234 e. The maximum absolute atomic E-state index is 13.4. The van der Waals surface area contributed by atoms with E-state index >= 15 is 0 Å². The number of carbonyl (C=O) groups is 1. The van der Waals surface area contributed by atoms with Gasteiger partial charge in [-0.15, -0.1) is 11.8 Å². The number of hydrogen-bond donors (Lipinski definition) is 1. The zero-order valence-electron chi connectivity index (χ0n) is 10.9. The van der Waals surface area contributed by atoms with E-state index in [4.69, 9.17) is 11.6 Å². The Balaban J connectivity index is 1.82. The summed E-state index contributed by atoms with van der Waals surface area (Å²) in [6.45, 7) is 0. The average molecular weight is 328 g/mol. The van der Waals surface area contributed by atoms with Gasteiger partial charge in [0.05, 0.1) is 11.4 Å². The highest BCUT2D eigenvalue weighted by atomic mass is 35.5. The molecule has 21 heavy (non-hydrogen) atoms. The Hall–Kier alpha value is -1.59. The van der Waals surface area contributed by atoms with Crippen LogP contribution in [0.2, 0.25) is 5.02 Å². The lowest BCUT2D eigenvalue weighted by molar-refractivity contribution is -0.113. The van der Waals surface area contributed by atoms with Crippen LogP contribution in [0.4, 0.5) is 14.5 Å². The first-order valence-electron chi connectivity index (χ1n) is 6.11. The summed E-state index contributed by atoms with van der Waals surface area (Å²) in [5.74, 6) is -1.01. The van der Waals surface area contributed by atoms with E-state index in [0.29, 0.717) is 10.8 Å². The van der Waals surface area contributed by atoms with Crippen LogP contribution in [0.25, 0.3) is 0 Å². The Bertz CT molecular complexity index is 651. The molecule has 0 saturated carbocycles. The highest BCUT2D eigenvalue weighted by Crippen LogP contribution is 2.18. The SMILES string of the molecule is O=C(CSCc1cccc(Cl)c1)Nc1ccc(F)cc1F. The molecule has 2 aromatic carbocycles. The first kappa shape index (κ1) is 15.8. The number of rotatable bonds is 5. The van der Waals surface area contributed by atoms with Crippen LogP contribution in [0.3, 0.4) is 0 Å². The van der Waals surface area contributed by atoms with Gasteiger partial charge in [-0.05, 0) is 29.8 Å².